The Hall–Kier alpha value is -1.42. The summed E-state index contributed by atoms with van der Waals surface area (Å²) in [6.45, 7) is 3.45. The Morgan fingerprint density at radius 2 is 1.89 bits per heavy atom. The number of benzene rings is 1. The molecule has 19 heavy (non-hydrogen) atoms. The first-order valence-corrected chi connectivity index (χ1v) is 7.25. The van der Waals surface area contributed by atoms with Crippen molar-refractivity contribution < 1.29 is 13.9 Å². The minimum atomic E-state index is 0.0275. The number of alkyl halides is 1. The molecular weight excluding hydrogens is 308 g/mol. The Bertz CT molecular complexity index is 577. The van der Waals surface area contributed by atoms with E-state index in [1.165, 1.54) is 0 Å². The predicted octanol–water partition coefficient (Wildman–Crippen LogP) is 4.23. The molecule has 1 aliphatic rings. The molecule has 3 rings (SSSR count). The highest BCUT2D eigenvalue weighted by Crippen LogP contribution is 2.38. The molecule has 0 saturated heterocycles. The lowest BCUT2D eigenvalue weighted by atomic mass is 10.1. The zero-order valence-electron chi connectivity index (χ0n) is 10.7. The Labute approximate surface area is 120 Å². The van der Waals surface area contributed by atoms with Crippen molar-refractivity contribution in [1.82, 2.24) is 0 Å². The van der Waals surface area contributed by atoms with Crippen molar-refractivity contribution in [3.63, 3.8) is 0 Å². The Balaban J connectivity index is 1.93. The predicted molar refractivity (Wildman–Crippen MR) is 76.3 cm³/mol. The largest absolute Gasteiger partial charge is 0.490 e. The lowest BCUT2D eigenvalue weighted by Crippen LogP contribution is -1.97. The molecule has 0 radical (unpaired) electrons. The second kappa shape index (κ2) is 5.29. The van der Waals surface area contributed by atoms with Gasteiger partial charge in [-0.15, -0.1) is 0 Å². The average molecular weight is 323 g/mol. The van der Waals surface area contributed by atoms with Gasteiger partial charge in [-0.25, -0.2) is 0 Å². The van der Waals surface area contributed by atoms with Gasteiger partial charge >= 0.3 is 0 Å². The van der Waals surface area contributed by atoms with E-state index < -0.39 is 0 Å². The standard InChI is InChI=1S/C15H15BrO3/c1-10-5-8-19-15(10)14(16)11-3-4-12-13(9-11)18-7-2-6-17-12/h3-5,8-9,14H,2,6-7H2,1H3. The quantitative estimate of drug-likeness (QED) is 0.775. The number of fused-ring (bicyclic) bond motifs is 1. The summed E-state index contributed by atoms with van der Waals surface area (Å²) in [5.74, 6) is 2.55. The zero-order chi connectivity index (χ0) is 13.2. The molecule has 1 aliphatic heterocycles. The third kappa shape index (κ3) is 2.50. The smallest absolute Gasteiger partial charge is 0.161 e. The van der Waals surface area contributed by atoms with Crippen LogP contribution in [-0.2, 0) is 0 Å². The summed E-state index contributed by atoms with van der Waals surface area (Å²) < 4.78 is 16.9. The Morgan fingerprint density at radius 1 is 1.11 bits per heavy atom. The van der Waals surface area contributed by atoms with E-state index >= 15 is 0 Å². The molecule has 0 aliphatic carbocycles. The van der Waals surface area contributed by atoms with Crippen LogP contribution < -0.4 is 9.47 Å². The van der Waals surface area contributed by atoms with Crippen LogP contribution in [0, 0.1) is 6.92 Å². The summed E-state index contributed by atoms with van der Waals surface area (Å²) in [5.41, 5.74) is 2.23. The summed E-state index contributed by atoms with van der Waals surface area (Å²) in [4.78, 5) is 0.0275. The van der Waals surface area contributed by atoms with Crippen LogP contribution in [0.2, 0.25) is 0 Å². The highest BCUT2D eigenvalue weighted by atomic mass is 79.9. The van der Waals surface area contributed by atoms with E-state index in [4.69, 9.17) is 13.9 Å². The van der Waals surface area contributed by atoms with Crippen molar-refractivity contribution in [3.05, 3.63) is 47.4 Å². The van der Waals surface area contributed by atoms with E-state index in [9.17, 15) is 0 Å². The van der Waals surface area contributed by atoms with Crippen molar-refractivity contribution in [1.29, 1.82) is 0 Å². The molecule has 100 valence electrons. The van der Waals surface area contributed by atoms with Gasteiger partial charge in [0.05, 0.1) is 24.3 Å². The second-order valence-corrected chi connectivity index (χ2v) is 5.50. The van der Waals surface area contributed by atoms with Crippen molar-refractivity contribution in [2.75, 3.05) is 13.2 Å². The molecule has 3 nitrogen and oxygen atoms in total. The molecule has 4 heteroatoms. The van der Waals surface area contributed by atoms with Crippen LogP contribution >= 0.6 is 15.9 Å². The van der Waals surface area contributed by atoms with Gasteiger partial charge in [-0.1, -0.05) is 22.0 Å². The molecule has 2 heterocycles. The summed E-state index contributed by atoms with van der Waals surface area (Å²) in [7, 11) is 0. The summed E-state index contributed by atoms with van der Waals surface area (Å²) in [6, 6.07) is 7.98. The van der Waals surface area contributed by atoms with Crippen LogP contribution in [0.15, 0.2) is 34.9 Å². The van der Waals surface area contributed by atoms with E-state index in [-0.39, 0.29) is 4.83 Å². The Morgan fingerprint density at radius 3 is 2.63 bits per heavy atom. The molecule has 0 saturated carbocycles. The normalized spacial score (nSPS) is 15.9. The van der Waals surface area contributed by atoms with Gasteiger partial charge in [0.2, 0.25) is 0 Å². The number of rotatable bonds is 2. The number of ether oxygens (including phenoxy) is 2. The number of furan rings is 1. The second-order valence-electron chi connectivity index (χ2n) is 4.59. The number of halogens is 1. The van der Waals surface area contributed by atoms with Crippen LogP contribution in [-0.4, -0.2) is 13.2 Å². The third-order valence-electron chi connectivity index (χ3n) is 3.20. The lowest BCUT2D eigenvalue weighted by Gasteiger charge is -2.12. The van der Waals surface area contributed by atoms with Crippen molar-refractivity contribution in [2.45, 2.75) is 18.2 Å². The first kappa shape index (κ1) is 12.6. The lowest BCUT2D eigenvalue weighted by molar-refractivity contribution is 0.297. The maximum Gasteiger partial charge on any atom is 0.161 e. The van der Waals surface area contributed by atoms with Gasteiger partial charge in [0.15, 0.2) is 11.5 Å². The van der Waals surface area contributed by atoms with Gasteiger partial charge in [-0.05, 0) is 36.2 Å². The van der Waals surface area contributed by atoms with Crippen molar-refractivity contribution in [2.24, 2.45) is 0 Å². The van der Waals surface area contributed by atoms with Crippen LogP contribution in [0.5, 0.6) is 11.5 Å². The average Bonchev–Trinajstić information content (AvgIpc) is 2.72. The Kier molecular flexibility index (Phi) is 3.51. The number of hydrogen-bond acceptors (Lipinski definition) is 3. The van der Waals surface area contributed by atoms with E-state index in [0.717, 1.165) is 34.8 Å². The SMILES string of the molecule is Cc1ccoc1C(Br)c1ccc2c(c1)OCCCO2. The van der Waals surface area contributed by atoms with E-state index in [2.05, 4.69) is 15.9 Å². The highest BCUT2D eigenvalue weighted by molar-refractivity contribution is 9.09. The van der Waals surface area contributed by atoms with Gasteiger partial charge < -0.3 is 13.9 Å². The van der Waals surface area contributed by atoms with Gasteiger partial charge in [0, 0.05) is 6.42 Å². The maximum atomic E-state index is 5.71. The molecule has 1 unspecified atom stereocenters. The van der Waals surface area contributed by atoms with Gasteiger partial charge in [0.25, 0.3) is 0 Å². The first-order chi connectivity index (χ1) is 9.25. The monoisotopic (exact) mass is 322 g/mol. The fourth-order valence-electron chi connectivity index (χ4n) is 2.13. The molecule has 0 bridgehead atoms. The van der Waals surface area contributed by atoms with Gasteiger partial charge in [-0.2, -0.15) is 0 Å². The maximum absolute atomic E-state index is 5.71. The summed E-state index contributed by atoms with van der Waals surface area (Å²) >= 11 is 3.68. The topological polar surface area (TPSA) is 31.6 Å². The van der Waals surface area contributed by atoms with E-state index in [1.807, 2.05) is 31.2 Å². The van der Waals surface area contributed by atoms with Gasteiger partial charge in [-0.3, -0.25) is 0 Å². The minimum absolute atomic E-state index is 0.0275. The first-order valence-electron chi connectivity index (χ1n) is 6.33. The fraction of sp³-hybridized carbons (Fsp3) is 0.333. The minimum Gasteiger partial charge on any atom is -0.490 e. The zero-order valence-corrected chi connectivity index (χ0v) is 12.3. The number of hydrogen-bond donors (Lipinski definition) is 0. The molecule has 1 aromatic carbocycles. The van der Waals surface area contributed by atoms with Crippen LogP contribution in [0.4, 0.5) is 0 Å². The van der Waals surface area contributed by atoms with Crippen molar-refractivity contribution in [3.8, 4) is 11.5 Å². The molecular formula is C15H15BrO3. The van der Waals surface area contributed by atoms with E-state index in [0.29, 0.717) is 13.2 Å². The summed E-state index contributed by atoms with van der Waals surface area (Å²) in [6.07, 6.45) is 2.63. The summed E-state index contributed by atoms with van der Waals surface area (Å²) in [5, 5.41) is 0. The molecule has 0 spiro atoms. The number of aryl methyl sites for hydroxylation is 1. The third-order valence-corrected chi connectivity index (χ3v) is 4.14. The fourth-order valence-corrected chi connectivity index (χ4v) is 2.89. The molecule has 1 atom stereocenters. The molecule has 0 amide bonds. The van der Waals surface area contributed by atoms with E-state index in [1.54, 1.807) is 6.26 Å². The molecule has 1 aromatic heterocycles. The molecule has 2 aromatic rings. The van der Waals surface area contributed by atoms with Crippen molar-refractivity contribution >= 4 is 15.9 Å². The van der Waals surface area contributed by atoms with Crippen LogP contribution in [0.25, 0.3) is 0 Å². The van der Waals surface area contributed by atoms with Gasteiger partial charge in [0.1, 0.15) is 5.76 Å². The molecule has 0 N–H and O–H groups in total. The van der Waals surface area contributed by atoms with Crippen LogP contribution in [0.1, 0.15) is 28.1 Å². The van der Waals surface area contributed by atoms with Crippen LogP contribution in [0.3, 0.4) is 0 Å². The highest BCUT2D eigenvalue weighted by Gasteiger charge is 2.19. The molecule has 0 fully saturated rings.